The SMILES string of the molecule is CCCCCCCCCCCCCCc1ccc2c(c1)OCO2. The lowest BCUT2D eigenvalue weighted by atomic mass is 10.0. The fraction of sp³-hybridized carbons (Fsp3) is 0.714. The van der Waals surface area contributed by atoms with Crippen LogP contribution < -0.4 is 9.47 Å². The summed E-state index contributed by atoms with van der Waals surface area (Å²) in [5.74, 6) is 1.81. The van der Waals surface area contributed by atoms with E-state index in [1.165, 1.54) is 82.6 Å². The Balaban J connectivity index is 1.40. The Kier molecular flexibility index (Phi) is 8.98. The maximum Gasteiger partial charge on any atom is 0.231 e. The fourth-order valence-corrected chi connectivity index (χ4v) is 3.27. The van der Waals surface area contributed by atoms with Crippen LogP contribution >= 0.6 is 0 Å². The molecule has 0 saturated heterocycles. The highest BCUT2D eigenvalue weighted by molar-refractivity contribution is 5.44. The quantitative estimate of drug-likeness (QED) is 0.379. The molecule has 0 N–H and O–H groups in total. The molecule has 0 amide bonds. The molecule has 0 aliphatic carbocycles. The van der Waals surface area contributed by atoms with Crippen molar-refractivity contribution in [1.82, 2.24) is 0 Å². The van der Waals surface area contributed by atoms with Gasteiger partial charge in [-0.3, -0.25) is 0 Å². The van der Waals surface area contributed by atoms with Crippen molar-refractivity contribution in [1.29, 1.82) is 0 Å². The second-order valence-electron chi connectivity index (χ2n) is 6.83. The number of hydrogen-bond acceptors (Lipinski definition) is 2. The van der Waals surface area contributed by atoms with Crippen LogP contribution in [0.15, 0.2) is 18.2 Å². The first kappa shape index (κ1) is 18.2. The van der Waals surface area contributed by atoms with Crippen molar-refractivity contribution in [2.45, 2.75) is 90.4 Å². The largest absolute Gasteiger partial charge is 0.454 e. The van der Waals surface area contributed by atoms with Crippen LogP contribution in [0.4, 0.5) is 0 Å². The molecular weight excluding hydrogens is 284 g/mol. The van der Waals surface area contributed by atoms with Gasteiger partial charge >= 0.3 is 0 Å². The summed E-state index contributed by atoms with van der Waals surface area (Å²) in [4.78, 5) is 0. The zero-order valence-corrected chi connectivity index (χ0v) is 14.9. The summed E-state index contributed by atoms with van der Waals surface area (Å²) in [6.07, 6.45) is 18.0. The number of fused-ring (bicyclic) bond motifs is 1. The second-order valence-corrected chi connectivity index (χ2v) is 6.83. The summed E-state index contributed by atoms with van der Waals surface area (Å²) in [5, 5.41) is 0. The zero-order valence-electron chi connectivity index (χ0n) is 14.9. The Morgan fingerprint density at radius 2 is 1.26 bits per heavy atom. The average Bonchev–Trinajstić information content (AvgIpc) is 3.03. The molecule has 0 aromatic heterocycles. The Labute approximate surface area is 142 Å². The molecule has 1 aromatic carbocycles. The normalized spacial score (nSPS) is 12.7. The van der Waals surface area contributed by atoms with Crippen molar-refractivity contribution in [2.24, 2.45) is 0 Å². The van der Waals surface area contributed by atoms with Gasteiger partial charge in [-0.25, -0.2) is 0 Å². The smallest absolute Gasteiger partial charge is 0.231 e. The Morgan fingerprint density at radius 3 is 1.91 bits per heavy atom. The topological polar surface area (TPSA) is 18.5 Å². The Bertz CT molecular complexity index is 428. The predicted octanol–water partition coefficient (Wildman–Crippen LogP) is 6.66. The minimum atomic E-state index is 0.372. The molecule has 0 atom stereocenters. The second kappa shape index (κ2) is 11.4. The maximum absolute atomic E-state index is 5.43. The van der Waals surface area contributed by atoms with Crippen LogP contribution in [0.1, 0.15) is 89.5 Å². The van der Waals surface area contributed by atoms with Crippen molar-refractivity contribution >= 4 is 0 Å². The molecule has 2 nitrogen and oxygen atoms in total. The average molecular weight is 319 g/mol. The third kappa shape index (κ3) is 7.28. The number of hydrogen-bond donors (Lipinski definition) is 0. The van der Waals surface area contributed by atoms with E-state index in [0.29, 0.717) is 6.79 Å². The van der Waals surface area contributed by atoms with E-state index in [1.807, 2.05) is 6.07 Å². The molecule has 0 radical (unpaired) electrons. The Morgan fingerprint density at radius 1 is 0.696 bits per heavy atom. The number of rotatable bonds is 13. The van der Waals surface area contributed by atoms with Crippen molar-refractivity contribution in [2.75, 3.05) is 6.79 Å². The highest BCUT2D eigenvalue weighted by Crippen LogP contribution is 2.32. The highest BCUT2D eigenvalue weighted by atomic mass is 16.7. The summed E-state index contributed by atoms with van der Waals surface area (Å²) < 4.78 is 10.8. The van der Waals surface area contributed by atoms with Gasteiger partial charge in [-0.15, -0.1) is 0 Å². The molecule has 2 rings (SSSR count). The van der Waals surface area contributed by atoms with Crippen LogP contribution in [0, 0.1) is 0 Å². The van der Waals surface area contributed by atoms with E-state index in [0.717, 1.165) is 17.9 Å². The Hall–Kier alpha value is -1.18. The van der Waals surface area contributed by atoms with E-state index in [1.54, 1.807) is 0 Å². The van der Waals surface area contributed by atoms with Gasteiger partial charge in [-0.2, -0.15) is 0 Å². The highest BCUT2D eigenvalue weighted by Gasteiger charge is 2.12. The molecule has 1 aromatic rings. The van der Waals surface area contributed by atoms with Crippen LogP contribution in [-0.4, -0.2) is 6.79 Å². The molecule has 0 bridgehead atoms. The minimum Gasteiger partial charge on any atom is -0.454 e. The van der Waals surface area contributed by atoms with Gasteiger partial charge in [0.2, 0.25) is 6.79 Å². The first-order valence-corrected chi connectivity index (χ1v) is 9.78. The van der Waals surface area contributed by atoms with Crippen molar-refractivity contribution in [3.8, 4) is 11.5 Å². The van der Waals surface area contributed by atoms with E-state index in [4.69, 9.17) is 9.47 Å². The van der Waals surface area contributed by atoms with Crippen LogP contribution in [0.2, 0.25) is 0 Å². The van der Waals surface area contributed by atoms with E-state index < -0.39 is 0 Å². The summed E-state index contributed by atoms with van der Waals surface area (Å²) in [6.45, 7) is 2.66. The standard InChI is InChI=1S/C21H34O2/c1-2-3-4-5-6-7-8-9-10-11-12-13-14-19-15-16-20-21(17-19)23-18-22-20/h15-17H,2-14,18H2,1H3. The van der Waals surface area contributed by atoms with E-state index in [2.05, 4.69) is 19.1 Å². The van der Waals surface area contributed by atoms with Gasteiger partial charge in [0.15, 0.2) is 11.5 Å². The fourth-order valence-electron chi connectivity index (χ4n) is 3.27. The molecule has 0 fully saturated rings. The van der Waals surface area contributed by atoms with E-state index >= 15 is 0 Å². The van der Waals surface area contributed by atoms with E-state index in [9.17, 15) is 0 Å². The van der Waals surface area contributed by atoms with Gasteiger partial charge < -0.3 is 9.47 Å². The molecule has 1 aliphatic heterocycles. The summed E-state index contributed by atoms with van der Waals surface area (Å²) in [6, 6.07) is 6.35. The van der Waals surface area contributed by atoms with Gasteiger partial charge in [0, 0.05) is 0 Å². The third-order valence-electron chi connectivity index (χ3n) is 4.76. The van der Waals surface area contributed by atoms with Gasteiger partial charge in [0.1, 0.15) is 0 Å². The minimum absolute atomic E-state index is 0.372. The molecule has 1 heterocycles. The van der Waals surface area contributed by atoms with Crippen molar-refractivity contribution in [3.63, 3.8) is 0 Å². The lowest BCUT2D eigenvalue weighted by Crippen LogP contribution is -1.93. The maximum atomic E-state index is 5.43. The van der Waals surface area contributed by atoms with Gasteiger partial charge in [0.05, 0.1) is 0 Å². The van der Waals surface area contributed by atoms with Crippen LogP contribution in [0.3, 0.4) is 0 Å². The van der Waals surface area contributed by atoms with Crippen LogP contribution in [-0.2, 0) is 6.42 Å². The zero-order chi connectivity index (χ0) is 16.2. The first-order valence-electron chi connectivity index (χ1n) is 9.78. The lowest BCUT2D eigenvalue weighted by molar-refractivity contribution is 0.174. The van der Waals surface area contributed by atoms with Crippen LogP contribution in [0.25, 0.3) is 0 Å². The summed E-state index contributed by atoms with van der Waals surface area (Å²) in [7, 11) is 0. The summed E-state index contributed by atoms with van der Waals surface area (Å²) in [5.41, 5.74) is 1.38. The number of unbranched alkanes of at least 4 members (excludes halogenated alkanes) is 11. The molecule has 0 unspecified atom stereocenters. The molecule has 1 aliphatic rings. The van der Waals surface area contributed by atoms with Gasteiger partial charge in [-0.05, 0) is 30.5 Å². The summed E-state index contributed by atoms with van der Waals surface area (Å²) >= 11 is 0. The monoisotopic (exact) mass is 318 g/mol. The molecule has 23 heavy (non-hydrogen) atoms. The molecule has 0 spiro atoms. The molecule has 130 valence electrons. The van der Waals surface area contributed by atoms with Gasteiger partial charge in [-0.1, -0.05) is 83.6 Å². The molecule has 2 heteroatoms. The number of ether oxygens (including phenoxy) is 2. The number of aryl methyl sites for hydroxylation is 1. The van der Waals surface area contributed by atoms with Crippen LogP contribution in [0.5, 0.6) is 11.5 Å². The predicted molar refractivity (Wildman–Crippen MR) is 97.3 cm³/mol. The number of benzene rings is 1. The lowest BCUT2D eigenvalue weighted by Gasteiger charge is -2.04. The molecular formula is C21H34O2. The van der Waals surface area contributed by atoms with Gasteiger partial charge in [0.25, 0.3) is 0 Å². The molecule has 0 saturated carbocycles. The first-order chi connectivity index (χ1) is 11.4. The third-order valence-corrected chi connectivity index (χ3v) is 4.76. The van der Waals surface area contributed by atoms with E-state index in [-0.39, 0.29) is 0 Å². The van der Waals surface area contributed by atoms with Crippen molar-refractivity contribution in [3.05, 3.63) is 23.8 Å². The van der Waals surface area contributed by atoms with Crippen molar-refractivity contribution < 1.29 is 9.47 Å².